The van der Waals surface area contributed by atoms with E-state index in [1.807, 2.05) is 12.1 Å². The number of nitrogens with zero attached hydrogens (tertiary/aromatic N) is 2. The number of anilines is 1. The third-order valence-electron chi connectivity index (χ3n) is 10.9. The number of aryl methyl sites for hydroxylation is 1. The molecule has 9 nitrogen and oxygen atoms in total. The van der Waals surface area contributed by atoms with E-state index in [2.05, 4.69) is 46.6 Å². The minimum Gasteiger partial charge on any atom is -0.490 e. The van der Waals surface area contributed by atoms with E-state index in [1.54, 1.807) is 26.0 Å². The number of sulfonamides is 1. The quantitative estimate of drug-likeness (QED) is 0.382. The van der Waals surface area contributed by atoms with Crippen LogP contribution in [0.1, 0.15) is 64.5 Å². The molecule has 2 aliphatic heterocycles. The maximum atomic E-state index is 13.6. The first-order valence-electron chi connectivity index (χ1n) is 17.5. The Bertz CT molecular complexity index is 1630. The second-order valence-corrected chi connectivity index (χ2v) is 16.4. The zero-order chi connectivity index (χ0) is 34.1. The molecule has 0 radical (unpaired) electrons. The average molecular weight is 700 g/mol. The molecule has 1 spiro atoms. The number of hydrogen-bond acceptors (Lipinski definition) is 8. The normalized spacial score (nSPS) is 28.1. The van der Waals surface area contributed by atoms with Gasteiger partial charge in [0, 0.05) is 30.1 Å². The monoisotopic (exact) mass is 699 g/mol. The second-order valence-electron chi connectivity index (χ2n) is 14.3. The minimum absolute atomic E-state index is 0.0144. The van der Waals surface area contributed by atoms with Gasteiger partial charge < -0.3 is 24.0 Å². The number of ether oxygens (including phenoxy) is 3. The molecular formula is C37H50ClN3O6S. The molecule has 1 fully saturated rings. The summed E-state index contributed by atoms with van der Waals surface area (Å²) < 4.78 is 48.6. The molecule has 262 valence electrons. The third-order valence-corrected chi connectivity index (χ3v) is 12.5. The molecule has 1 amide bonds. The lowest BCUT2D eigenvalue weighted by Crippen LogP contribution is -2.50. The molecule has 6 rings (SSSR count). The highest BCUT2D eigenvalue weighted by Crippen LogP contribution is 2.47. The van der Waals surface area contributed by atoms with E-state index in [9.17, 15) is 13.2 Å². The van der Waals surface area contributed by atoms with Gasteiger partial charge in [0.2, 0.25) is 0 Å². The van der Waals surface area contributed by atoms with Crippen molar-refractivity contribution in [1.82, 2.24) is 9.62 Å². The van der Waals surface area contributed by atoms with E-state index >= 15 is 0 Å². The molecular weight excluding hydrogens is 650 g/mol. The van der Waals surface area contributed by atoms with Crippen LogP contribution in [0.3, 0.4) is 0 Å². The topological polar surface area (TPSA) is 97.4 Å². The number of rotatable bonds is 6. The number of amides is 1. The highest BCUT2D eigenvalue weighted by Gasteiger charge is 2.45. The van der Waals surface area contributed by atoms with Crippen molar-refractivity contribution in [3.63, 3.8) is 0 Å². The Hall–Kier alpha value is -2.63. The van der Waals surface area contributed by atoms with Gasteiger partial charge in [0.15, 0.2) is 0 Å². The zero-order valence-corrected chi connectivity index (χ0v) is 30.2. The number of fused-ring (bicyclic) bond motifs is 4. The van der Waals surface area contributed by atoms with Crippen molar-refractivity contribution >= 4 is 33.2 Å². The summed E-state index contributed by atoms with van der Waals surface area (Å²) in [4.78, 5) is 18.0. The summed E-state index contributed by atoms with van der Waals surface area (Å²) in [6.45, 7) is 13.0. The number of hydrogen-bond donors (Lipinski definition) is 1. The van der Waals surface area contributed by atoms with Crippen LogP contribution in [0.5, 0.6) is 5.75 Å². The van der Waals surface area contributed by atoms with E-state index < -0.39 is 21.5 Å². The Morgan fingerprint density at radius 3 is 2.69 bits per heavy atom. The van der Waals surface area contributed by atoms with Crippen molar-refractivity contribution < 1.29 is 27.4 Å². The zero-order valence-electron chi connectivity index (χ0n) is 28.7. The Morgan fingerprint density at radius 2 is 1.94 bits per heavy atom. The van der Waals surface area contributed by atoms with Gasteiger partial charge in [-0.1, -0.05) is 43.7 Å². The maximum absolute atomic E-state index is 13.6. The van der Waals surface area contributed by atoms with Gasteiger partial charge in [0.25, 0.3) is 15.9 Å². The molecule has 0 saturated heterocycles. The minimum atomic E-state index is -4.19. The molecule has 4 aliphatic rings. The Kier molecular flexibility index (Phi) is 10.5. The fraction of sp³-hybridized carbons (Fsp3) is 0.595. The summed E-state index contributed by atoms with van der Waals surface area (Å²) in [7, 11) is -4.19. The second kappa shape index (κ2) is 14.3. The number of carbonyl (C=O) groups excluding carboxylic acids is 1. The molecule has 4 atom stereocenters. The Morgan fingerprint density at radius 1 is 1.12 bits per heavy atom. The predicted molar refractivity (Wildman–Crippen MR) is 188 cm³/mol. The van der Waals surface area contributed by atoms with Crippen LogP contribution in [0, 0.1) is 11.8 Å². The van der Waals surface area contributed by atoms with Gasteiger partial charge in [-0.25, -0.2) is 13.1 Å². The standard InChI is InChI=1S/C37H50ClN3O6S/c1-5-40(6-2)18-20-45-33-10-8-19-47-36(3,4)35(42)39-48(43,44)29-13-16-34-32(22-29)41(23-27-11-14-30(27)33)24-37(25-46-34)17-7-9-26-21-28(38)12-15-31(26)37/h8,10,12-13,15-16,21-22,27,30,33H,5-7,9,11,14,17-20,23-25H2,1-4H3,(H,39,42)/t27-,30+,33-,37-/m0/s1. The highest BCUT2D eigenvalue weighted by atomic mass is 35.5. The molecule has 11 heteroatoms. The molecule has 0 aromatic heterocycles. The molecule has 1 saturated carbocycles. The molecule has 2 heterocycles. The van der Waals surface area contributed by atoms with Crippen LogP contribution in [0.4, 0.5) is 5.69 Å². The van der Waals surface area contributed by atoms with Gasteiger partial charge in [-0.05, 0) is 112 Å². The van der Waals surface area contributed by atoms with Gasteiger partial charge in [0.1, 0.15) is 11.4 Å². The summed E-state index contributed by atoms with van der Waals surface area (Å²) >= 11 is 6.45. The SMILES string of the molecule is CCN(CC)CCO[C@H]1C=CCOC(C)(C)C(=O)NS(=O)(=O)c2ccc3c(c2)N(C[C@@H]2CC[C@H]21)C[C@@]1(CCCc2cc(Cl)ccc21)CO3. The molecule has 2 aromatic carbocycles. The van der Waals surface area contributed by atoms with Crippen molar-refractivity contribution in [2.24, 2.45) is 11.8 Å². The van der Waals surface area contributed by atoms with Crippen molar-refractivity contribution in [1.29, 1.82) is 0 Å². The van der Waals surface area contributed by atoms with Crippen LogP contribution in [0.25, 0.3) is 0 Å². The molecule has 0 unspecified atom stereocenters. The van der Waals surface area contributed by atoms with Crippen LogP contribution in [0.15, 0.2) is 53.4 Å². The molecule has 2 aliphatic carbocycles. The molecule has 2 bridgehead atoms. The van der Waals surface area contributed by atoms with Crippen molar-refractivity contribution in [2.75, 3.05) is 57.4 Å². The van der Waals surface area contributed by atoms with Crippen LogP contribution in [-0.2, 0) is 36.1 Å². The summed E-state index contributed by atoms with van der Waals surface area (Å²) in [5.74, 6) is 0.532. The fourth-order valence-corrected chi connectivity index (χ4v) is 9.11. The van der Waals surface area contributed by atoms with E-state index in [1.165, 1.54) is 17.2 Å². The Labute approximate surface area is 291 Å². The molecule has 2 aromatic rings. The van der Waals surface area contributed by atoms with Crippen molar-refractivity contribution in [3.05, 3.63) is 64.7 Å². The maximum Gasteiger partial charge on any atom is 0.265 e. The van der Waals surface area contributed by atoms with E-state index in [-0.39, 0.29) is 28.9 Å². The van der Waals surface area contributed by atoms with E-state index in [0.29, 0.717) is 31.4 Å². The Balaban J connectivity index is 1.39. The number of nitrogens with one attached hydrogen (secondary N) is 1. The largest absolute Gasteiger partial charge is 0.490 e. The molecule has 48 heavy (non-hydrogen) atoms. The van der Waals surface area contributed by atoms with Gasteiger partial charge in [-0.2, -0.15) is 0 Å². The number of halogens is 1. The van der Waals surface area contributed by atoms with Gasteiger partial charge >= 0.3 is 0 Å². The van der Waals surface area contributed by atoms with Gasteiger partial charge in [0.05, 0.1) is 36.5 Å². The van der Waals surface area contributed by atoms with Crippen LogP contribution >= 0.6 is 11.6 Å². The van der Waals surface area contributed by atoms with Crippen molar-refractivity contribution in [2.45, 2.75) is 81.8 Å². The first-order chi connectivity index (χ1) is 22.9. The van der Waals surface area contributed by atoms with Crippen LogP contribution in [-0.4, -0.2) is 83.5 Å². The fourth-order valence-electron chi connectivity index (χ4n) is 7.79. The molecule has 1 N–H and O–H groups in total. The summed E-state index contributed by atoms with van der Waals surface area (Å²) in [5, 5.41) is 0.733. The van der Waals surface area contributed by atoms with Crippen LogP contribution in [0.2, 0.25) is 5.02 Å². The van der Waals surface area contributed by atoms with Crippen LogP contribution < -0.4 is 14.4 Å². The number of carbonyl (C=O) groups is 1. The van der Waals surface area contributed by atoms with Gasteiger partial charge in [-0.15, -0.1) is 0 Å². The predicted octanol–water partition coefficient (Wildman–Crippen LogP) is 5.74. The van der Waals surface area contributed by atoms with Crippen molar-refractivity contribution in [3.8, 4) is 5.75 Å². The highest BCUT2D eigenvalue weighted by molar-refractivity contribution is 7.90. The first kappa shape index (κ1) is 35.2. The first-order valence-corrected chi connectivity index (χ1v) is 19.3. The number of benzene rings is 2. The average Bonchev–Trinajstić information content (AvgIpc) is 3.19. The smallest absolute Gasteiger partial charge is 0.265 e. The van der Waals surface area contributed by atoms with E-state index in [4.69, 9.17) is 25.8 Å². The van der Waals surface area contributed by atoms with Gasteiger partial charge in [-0.3, -0.25) is 4.79 Å². The summed E-state index contributed by atoms with van der Waals surface area (Å²) in [6, 6.07) is 11.1. The lowest BCUT2D eigenvalue weighted by Gasteiger charge is -2.46. The third kappa shape index (κ3) is 7.29. The number of likely N-dealkylation sites (N-methyl/N-ethyl adjacent to an activating group) is 1. The lowest BCUT2D eigenvalue weighted by molar-refractivity contribution is -0.139. The van der Waals surface area contributed by atoms with E-state index in [0.717, 1.165) is 69.0 Å². The summed E-state index contributed by atoms with van der Waals surface area (Å²) in [6.07, 6.45) is 8.92. The lowest BCUT2D eigenvalue weighted by atomic mass is 9.68. The summed E-state index contributed by atoms with van der Waals surface area (Å²) in [5.41, 5.74) is 1.57.